The maximum Gasteiger partial charge on any atom is 0.142 e. The van der Waals surface area contributed by atoms with Gasteiger partial charge in [0.15, 0.2) is 0 Å². The molecule has 0 saturated carbocycles. The van der Waals surface area contributed by atoms with Gasteiger partial charge in [-0.3, -0.25) is 0 Å². The Kier molecular flexibility index (Phi) is 4.66. The van der Waals surface area contributed by atoms with Crippen molar-refractivity contribution in [1.82, 2.24) is 0 Å². The number of benzene rings is 2. The second-order valence-electron chi connectivity index (χ2n) is 6.12. The van der Waals surface area contributed by atoms with Crippen molar-refractivity contribution in [2.24, 2.45) is 0 Å². The largest absolute Gasteiger partial charge is 0.497 e. The van der Waals surface area contributed by atoms with Crippen LogP contribution in [0.5, 0.6) is 11.5 Å². The van der Waals surface area contributed by atoms with Gasteiger partial charge >= 0.3 is 0 Å². The summed E-state index contributed by atoms with van der Waals surface area (Å²) in [4.78, 5) is 2.36. The molecule has 24 heavy (non-hydrogen) atoms. The fourth-order valence-electron chi connectivity index (χ4n) is 3.46. The van der Waals surface area contributed by atoms with Crippen LogP contribution in [0, 0.1) is 12.3 Å². The van der Waals surface area contributed by atoms with Crippen molar-refractivity contribution in [3.8, 4) is 23.8 Å². The van der Waals surface area contributed by atoms with E-state index in [0.717, 1.165) is 43.1 Å². The summed E-state index contributed by atoms with van der Waals surface area (Å²) in [5, 5.41) is 0. The third kappa shape index (κ3) is 2.92. The summed E-state index contributed by atoms with van der Waals surface area (Å²) in [7, 11) is 3.40. The molecule has 0 aromatic heterocycles. The zero-order valence-electron chi connectivity index (χ0n) is 14.3. The maximum absolute atomic E-state index is 5.97. The van der Waals surface area contributed by atoms with Crippen LogP contribution in [0.3, 0.4) is 0 Å². The van der Waals surface area contributed by atoms with E-state index >= 15 is 0 Å². The minimum absolute atomic E-state index is 0.229. The standard InChI is InChI=1S/C21H23NO2/c1-4-21(17-8-7-9-18(16-17)23-2)12-14-22(15-13-21)19-10-5-6-11-20(19)24-3/h1,5-11,16H,12-15H2,2-3H3. The lowest BCUT2D eigenvalue weighted by Gasteiger charge is -2.40. The molecule has 1 fully saturated rings. The van der Waals surface area contributed by atoms with E-state index in [1.165, 1.54) is 5.56 Å². The van der Waals surface area contributed by atoms with Gasteiger partial charge in [-0.1, -0.05) is 30.2 Å². The molecule has 0 atom stereocenters. The molecule has 3 rings (SSSR count). The Hall–Kier alpha value is -2.60. The number of methoxy groups -OCH3 is 2. The summed E-state index contributed by atoms with van der Waals surface area (Å²) in [5.74, 6) is 4.84. The first-order valence-corrected chi connectivity index (χ1v) is 8.23. The monoisotopic (exact) mass is 321 g/mol. The number of hydrogen-bond acceptors (Lipinski definition) is 3. The Labute approximate surface area is 144 Å². The molecule has 1 heterocycles. The van der Waals surface area contributed by atoms with Gasteiger partial charge in [-0.15, -0.1) is 6.42 Å². The van der Waals surface area contributed by atoms with Gasteiger partial charge in [0, 0.05) is 13.1 Å². The fourth-order valence-corrected chi connectivity index (χ4v) is 3.46. The van der Waals surface area contributed by atoms with Gasteiger partial charge in [0.25, 0.3) is 0 Å². The highest BCUT2D eigenvalue weighted by Gasteiger charge is 2.35. The van der Waals surface area contributed by atoms with E-state index in [0.29, 0.717) is 0 Å². The lowest BCUT2D eigenvalue weighted by atomic mass is 9.73. The molecule has 0 unspecified atom stereocenters. The van der Waals surface area contributed by atoms with E-state index < -0.39 is 0 Å². The van der Waals surface area contributed by atoms with E-state index in [2.05, 4.69) is 29.0 Å². The van der Waals surface area contributed by atoms with Crippen molar-refractivity contribution in [3.63, 3.8) is 0 Å². The van der Waals surface area contributed by atoms with E-state index in [9.17, 15) is 0 Å². The summed E-state index contributed by atoms with van der Waals surface area (Å²) >= 11 is 0. The van der Waals surface area contributed by atoms with Crippen LogP contribution in [-0.2, 0) is 5.41 Å². The minimum atomic E-state index is -0.229. The number of rotatable bonds is 4. The molecule has 2 aromatic carbocycles. The molecule has 1 aliphatic heterocycles. The highest BCUT2D eigenvalue weighted by atomic mass is 16.5. The molecular formula is C21H23NO2. The van der Waals surface area contributed by atoms with Crippen LogP contribution in [0.1, 0.15) is 18.4 Å². The molecular weight excluding hydrogens is 298 g/mol. The van der Waals surface area contributed by atoms with E-state index in [1.807, 2.05) is 30.3 Å². The molecule has 0 aliphatic carbocycles. The molecule has 124 valence electrons. The molecule has 0 amide bonds. The molecule has 0 N–H and O–H groups in total. The summed E-state index contributed by atoms with van der Waals surface area (Å²) in [5.41, 5.74) is 2.08. The van der Waals surface area contributed by atoms with E-state index in [1.54, 1.807) is 14.2 Å². The summed E-state index contributed by atoms with van der Waals surface area (Å²) in [6.45, 7) is 1.81. The number of ether oxygens (including phenoxy) is 2. The lowest BCUT2D eigenvalue weighted by molar-refractivity contribution is 0.393. The van der Waals surface area contributed by atoms with Crippen LogP contribution in [0.2, 0.25) is 0 Å². The SMILES string of the molecule is C#CC1(c2cccc(OC)c2)CCN(c2ccccc2OC)CC1. The van der Waals surface area contributed by atoms with Gasteiger partial charge in [0.2, 0.25) is 0 Å². The fraction of sp³-hybridized carbons (Fsp3) is 0.333. The molecule has 3 nitrogen and oxygen atoms in total. The predicted octanol–water partition coefficient (Wildman–Crippen LogP) is 3.88. The van der Waals surface area contributed by atoms with Gasteiger partial charge in [-0.05, 0) is 42.7 Å². The number of piperidine rings is 1. The van der Waals surface area contributed by atoms with Crippen molar-refractivity contribution in [2.45, 2.75) is 18.3 Å². The Balaban J connectivity index is 1.83. The Bertz CT molecular complexity index is 739. The van der Waals surface area contributed by atoms with Crippen LogP contribution in [0.25, 0.3) is 0 Å². The smallest absolute Gasteiger partial charge is 0.142 e. The lowest BCUT2D eigenvalue weighted by Crippen LogP contribution is -2.42. The molecule has 0 radical (unpaired) electrons. The molecule has 0 bridgehead atoms. The van der Waals surface area contributed by atoms with Crippen LogP contribution in [0.4, 0.5) is 5.69 Å². The second kappa shape index (κ2) is 6.88. The molecule has 1 aliphatic rings. The van der Waals surface area contributed by atoms with Crippen LogP contribution in [-0.4, -0.2) is 27.3 Å². The minimum Gasteiger partial charge on any atom is -0.497 e. The van der Waals surface area contributed by atoms with E-state index in [-0.39, 0.29) is 5.41 Å². The molecule has 3 heteroatoms. The quantitative estimate of drug-likeness (QED) is 0.798. The number of anilines is 1. The number of nitrogens with zero attached hydrogens (tertiary/aromatic N) is 1. The first-order valence-electron chi connectivity index (χ1n) is 8.23. The van der Waals surface area contributed by atoms with E-state index in [4.69, 9.17) is 15.9 Å². The number of terminal acetylenes is 1. The van der Waals surface area contributed by atoms with Gasteiger partial charge in [-0.25, -0.2) is 0 Å². The summed E-state index contributed by atoms with van der Waals surface area (Å²) < 4.78 is 10.9. The van der Waals surface area contributed by atoms with Crippen molar-refractivity contribution < 1.29 is 9.47 Å². The third-order valence-corrected chi connectivity index (χ3v) is 4.94. The second-order valence-corrected chi connectivity index (χ2v) is 6.12. The van der Waals surface area contributed by atoms with Crippen LogP contribution in [0.15, 0.2) is 48.5 Å². The first kappa shape index (κ1) is 16.3. The third-order valence-electron chi connectivity index (χ3n) is 4.94. The number of para-hydroxylation sites is 2. The Morgan fingerprint density at radius 2 is 1.75 bits per heavy atom. The molecule has 1 saturated heterocycles. The highest BCUT2D eigenvalue weighted by molar-refractivity contribution is 5.59. The first-order chi connectivity index (χ1) is 11.7. The van der Waals surface area contributed by atoms with Crippen LogP contribution >= 0.6 is 0 Å². The average molecular weight is 321 g/mol. The van der Waals surface area contributed by atoms with Crippen LogP contribution < -0.4 is 14.4 Å². The van der Waals surface area contributed by atoms with Gasteiger partial charge in [0.1, 0.15) is 11.5 Å². The van der Waals surface area contributed by atoms with Crippen molar-refractivity contribution in [1.29, 1.82) is 0 Å². The topological polar surface area (TPSA) is 21.7 Å². The van der Waals surface area contributed by atoms with Gasteiger partial charge < -0.3 is 14.4 Å². The normalized spacial score (nSPS) is 16.3. The molecule has 0 spiro atoms. The zero-order valence-corrected chi connectivity index (χ0v) is 14.3. The summed E-state index contributed by atoms with van der Waals surface area (Å²) in [6, 6.07) is 16.3. The zero-order chi connectivity index (χ0) is 17.0. The average Bonchev–Trinajstić information content (AvgIpc) is 2.68. The van der Waals surface area contributed by atoms with Crippen molar-refractivity contribution in [3.05, 3.63) is 54.1 Å². The van der Waals surface area contributed by atoms with Crippen molar-refractivity contribution in [2.75, 3.05) is 32.2 Å². The Morgan fingerprint density at radius 3 is 2.42 bits per heavy atom. The van der Waals surface area contributed by atoms with Gasteiger partial charge in [-0.2, -0.15) is 0 Å². The molecule has 2 aromatic rings. The number of hydrogen-bond donors (Lipinski definition) is 0. The van der Waals surface area contributed by atoms with Gasteiger partial charge in [0.05, 0.1) is 25.3 Å². The predicted molar refractivity (Wildman–Crippen MR) is 97.9 cm³/mol. The Morgan fingerprint density at radius 1 is 1.00 bits per heavy atom. The maximum atomic E-state index is 5.97. The van der Waals surface area contributed by atoms with Crippen molar-refractivity contribution >= 4 is 5.69 Å². The highest BCUT2D eigenvalue weighted by Crippen LogP contribution is 2.39. The summed E-state index contributed by atoms with van der Waals surface area (Å²) in [6.07, 6.45) is 7.79.